The monoisotopic (exact) mass is 362 g/mol. The highest BCUT2D eigenvalue weighted by Crippen LogP contribution is 2.20. The van der Waals surface area contributed by atoms with Gasteiger partial charge >= 0.3 is 0 Å². The Balaban J connectivity index is 2.71. The van der Waals surface area contributed by atoms with Gasteiger partial charge in [0.05, 0.1) is 17.0 Å². The van der Waals surface area contributed by atoms with E-state index in [1.54, 1.807) is 26.0 Å². The lowest BCUT2D eigenvalue weighted by Gasteiger charge is -2.25. The molecule has 6 nitrogen and oxygen atoms in total. The van der Waals surface area contributed by atoms with Gasteiger partial charge in [-0.2, -0.15) is 0 Å². The third-order valence-electron chi connectivity index (χ3n) is 3.90. The van der Waals surface area contributed by atoms with Crippen molar-refractivity contribution in [2.24, 2.45) is 10.9 Å². The molecule has 0 radical (unpaired) electrons. The van der Waals surface area contributed by atoms with Crippen molar-refractivity contribution in [1.29, 1.82) is 0 Å². The second kappa shape index (κ2) is 8.35. The summed E-state index contributed by atoms with van der Waals surface area (Å²) in [7, 11) is -3.88. The fraction of sp³-hybridized carbons (Fsp3) is 0.625. The number of primary sulfonamides is 1. The third kappa shape index (κ3) is 7.67. The van der Waals surface area contributed by atoms with Gasteiger partial charge in [-0.1, -0.05) is 12.1 Å². The van der Waals surface area contributed by atoms with Crippen LogP contribution >= 0.6 is 0 Å². The number of benzene rings is 1. The molecule has 6 N–H and O–H groups in total. The molecule has 8 heteroatoms. The maximum absolute atomic E-state index is 13.2. The molecule has 0 aliphatic heterocycles. The average molecular weight is 362 g/mol. The van der Waals surface area contributed by atoms with Crippen LogP contribution in [0.1, 0.15) is 38.7 Å². The predicted molar refractivity (Wildman–Crippen MR) is 91.1 cm³/mol. The molecular weight excluding hydrogens is 335 g/mol. The minimum Gasteiger partial charge on any atom is -0.391 e. The number of sulfonamides is 1. The van der Waals surface area contributed by atoms with E-state index < -0.39 is 38.8 Å². The first-order valence-electron chi connectivity index (χ1n) is 7.80. The Hall–Kier alpha value is -1.06. The minimum absolute atomic E-state index is 0.117. The van der Waals surface area contributed by atoms with E-state index in [1.165, 1.54) is 12.1 Å². The molecule has 0 heterocycles. The van der Waals surface area contributed by atoms with Gasteiger partial charge in [0, 0.05) is 6.04 Å². The Morgan fingerprint density at radius 3 is 2.46 bits per heavy atom. The van der Waals surface area contributed by atoms with Gasteiger partial charge < -0.3 is 15.9 Å². The molecule has 0 spiro atoms. The molecule has 0 aliphatic rings. The van der Waals surface area contributed by atoms with Crippen LogP contribution in [-0.2, 0) is 16.4 Å². The number of rotatable bonds is 9. The van der Waals surface area contributed by atoms with Crippen molar-refractivity contribution in [1.82, 2.24) is 0 Å². The zero-order valence-corrected chi connectivity index (χ0v) is 14.8. The van der Waals surface area contributed by atoms with Gasteiger partial charge in [-0.15, -0.1) is 0 Å². The topological polar surface area (TPSA) is 127 Å². The number of nitrogens with two attached hydrogens (primary N) is 2. The molecule has 0 saturated carbocycles. The van der Waals surface area contributed by atoms with E-state index in [4.69, 9.17) is 10.9 Å². The highest BCUT2D eigenvalue weighted by atomic mass is 32.2. The summed E-state index contributed by atoms with van der Waals surface area (Å²) in [5.74, 6) is -0.401. The Labute approximate surface area is 142 Å². The fourth-order valence-corrected chi connectivity index (χ4v) is 3.36. The molecule has 3 atom stereocenters. The summed E-state index contributed by atoms with van der Waals surface area (Å²) in [4.78, 5) is 0. The van der Waals surface area contributed by atoms with Gasteiger partial charge in [-0.3, -0.25) is 0 Å². The van der Waals surface area contributed by atoms with E-state index in [0.29, 0.717) is 5.56 Å². The van der Waals surface area contributed by atoms with E-state index >= 15 is 0 Å². The number of hydrogen-bond acceptors (Lipinski definition) is 5. The predicted octanol–water partition coefficient (Wildman–Crippen LogP) is 0.655. The Bertz CT molecular complexity index is 631. The molecular formula is C16H27FN2O4S. The summed E-state index contributed by atoms with van der Waals surface area (Å²) in [6.45, 7) is 3.14. The van der Waals surface area contributed by atoms with Crippen LogP contribution in [0.25, 0.3) is 0 Å². The van der Waals surface area contributed by atoms with Crippen LogP contribution in [0.2, 0.25) is 0 Å². The lowest BCUT2D eigenvalue weighted by molar-refractivity contribution is 0.0656. The standard InChI is InChI=1S/C16H27FN2O4S/c1-16(2,21)7-6-13(24(19,22)23)10-15(20)14(18)9-11-4-3-5-12(17)8-11/h3-5,8,13-15,20-21H,6-7,9-10,18H2,1-2H3,(H2,19,22,23)/t13-,14+,15+/m1/s1. The van der Waals surface area contributed by atoms with Crippen LogP contribution in [0.15, 0.2) is 24.3 Å². The van der Waals surface area contributed by atoms with Gasteiger partial charge in [-0.05, 0) is 57.2 Å². The second-order valence-electron chi connectivity index (χ2n) is 6.86. The molecule has 0 fully saturated rings. The number of hydrogen-bond donors (Lipinski definition) is 4. The first-order valence-corrected chi connectivity index (χ1v) is 9.41. The molecule has 138 valence electrons. The summed E-state index contributed by atoms with van der Waals surface area (Å²) >= 11 is 0. The van der Waals surface area contributed by atoms with E-state index in [1.807, 2.05) is 0 Å². The molecule has 0 aliphatic carbocycles. The largest absolute Gasteiger partial charge is 0.391 e. The molecule has 1 aromatic carbocycles. The summed E-state index contributed by atoms with van der Waals surface area (Å²) < 4.78 is 36.6. The van der Waals surface area contributed by atoms with E-state index in [2.05, 4.69) is 0 Å². The van der Waals surface area contributed by atoms with Crippen molar-refractivity contribution >= 4 is 10.0 Å². The minimum atomic E-state index is -3.88. The summed E-state index contributed by atoms with van der Waals surface area (Å²) in [5, 5.41) is 24.2. The molecule has 0 bridgehead atoms. The van der Waals surface area contributed by atoms with Crippen LogP contribution in [0, 0.1) is 5.82 Å². The number of halogens is 1. The lowest BCUT2D eigenvalue weighted by atomic mass is 9.95. The maximum Gasteiger partial charge on any atom is 0.212 e. The van der Waals surface area contributed by atoms with Crippen LogP contribution in [0.4, 0.5) is 4.39 Å². The van der Waals surface area contributed by atoms with Crippen LogP contribution in [-0.4, -0.2) is 41.6 Å². The van der Waals surface area contributed by atoms with Crippen molar-refractivity contribution < 1.29 is 23.0 Å². The lowest BCUT2D eigenvalue weighted by Crippen LogP contribution is -2.42. The van der Waals surface area contributed by atoms with E-state index in [0.717, 1.165) is 0 Å². The van der Waals surface area contributed by atoms with Crippen molar-refractivity contribution in [3.63, 3.8) is 0 Å². The SMILES string of the molecule is CC(C)(O)CC[C@H](C[C@H](O)[C@@H](N)Cc1cccc(F)c1)S(N)(=O)=O. The van der Waals surface area contributed by atoms with Crippen molar-refractivity contribution in [2.45, 2.75) is 62.5 Å². The smallest absolute Gasteiger partial charge is 0.212 e. The van der Waals surface area contributed by atoms with Crippen LogP contribution < -0.4 is 10.9 Å². The number of aliphatic hydroxyl groups is 2. The maximum atomic E-state index is 13.2. The Morgan fingerprint density at radius 2 is 1.96 bits per heavy atom. The second-order valence-corrected chi connectivity index (χ2v) is 8.71. The highest BCUT2D eigenvalue weighted by Gasteiger charge is 2.29. The first kappa shape index (κ1) is 21.0. The van der Waals surface area contributed by atoms with Crippen molar-refractivity contribution in [2.75, 3.05) is 0 Å². The van der Waals surface area contributed by atoms with Gasteiger partial charge in [0.1, 0.15) is 5.82 Å². The molecule has 0 aromatic heterocycles. The molecule has 1 aromatic rings. The Morgan fingerprint density at radius 1 is 1.33 bits per heavy atom. The molecule has 0 saturated heterocycles. The zero-order chi connectivity index (χ0) is 18.5. The van der Waals surface area contributed by atoms with Crippen molar-refractivity contribution in [3.05, 3.63) is 35.6 Å². The molecule has 24 heavy (non-hydrogen) atoms. The average Bonchev–Trinajstić information content (AvgIpc) is 2.40. The number of aliphatic hydroxyl groups excluding tert-OH is 1. The molecule has 0 amide bonds. The zero-order valence-electron chi connectivity index (χ0n) is 14.0. The quantitative estimate of drug-likeness (QED) is 0.513. The molecule has 1 rings (SSSR count). The van der Waals surface area contributed by atoms with Gasteiger partial charge in [0.2, 0.25) is 10.0 Å². The summed E-state index contributed by atoms with van der Waals surface area (Å²) in [6.07, 6.45) is -0.697. The first-order chi connectivity index (χ1) is 10.9. The van der Waals surface area contributed by atoms with Gasteiger partial charge in [0.25, 0.3) is 0 Å². The van der Waals surface area contributed by atoms with E-state index in [9.17, 15) is 23.0 Å². The van der Waals surface area contributed by atoms with Crippen LogP contribution in [0.3, 0.4) is 0 Å². The van der Waals surface area contributed by atoms with E-state index in [-0.39, 0.29) is 25.7 Å². The highest BCUT2D eigenvalue weighted by molar-refractivity contribution is 7.89. The fourth-order valence-electron chi connectivity index (χ4n) is 2.45. The molecule has 0 unspecified atom stereocenters. The van der Waals surface area contributed by atoms with Crippen molar-refractivity contribution in [3.8, 4) is 0 Å². The summed E-state index contributed by atoms with van der Waals surface area (Å²) in [6, 6.07) is 5.09. The normalized spacial score (nSPS) is 16.6. The summed E-state index contributed by atoms with van der Waals surface area (Å²) in [5.41, 5.74) is 5.50. The van der Waals surface area contributed by atoms with Gasteiger partial charge in [-0.25, -0.2) is 17.9 Å². The Kier molecular flexibility index (Phi) is 7.30. The van der Waals surface area contributed by atoms with Gasteiger partial charge in [0.15, 0.2) is 0 Å². The third-order valence-corrected chi connectivity index (χ3v) is 5.26. The van der Waals surface area contributed by atoms with Crippen LogP contribution in [0.5, 0.6) is 0 Å².